The predicted octanol–water partition coefficient (Wildman–Crippen LogP) is 3.22. The minimum Gasteiger partial charge on any atom is -0.404 e. The van der Waals surface area contributed by atoms with Gasteiger partial charge in [0, 0.05) is 11.0 Å². The molecule has 1 heterocycles. The third-order valence-electron chi connectivity index (χ3n) is 3.89. The van der Waals surface area contributed by atoms with E-state index in [4.69, 9.17) is 4.74 Å². The zero-order valence-electron chi connectivity index (χ0n) is 13.4. The highest BCUT2D eigenvalue weighted by Gasteiger charge is 2.55. The van der Waals surface area contributed by atoms with E-state index in [2.05, 4.69) is 11.1 Å². The van der Waals surface area contributed by atoms with Crippen molar-refractivity contribution in [2.75, 3.05) is 0 Å². The fraction of sp³-hybridized carbons (Fsp3) is 0.471. The number of esters is 1. The molecule has 0 saturated heterocycles. The molecule has 0 N–H and O–H groups in total. The standard InChI is InChI=1S/C17H20N2O2/c1-10-7-11(2)13(12(3)8-10)14-19-17(9-18,15(20)21-14)16(4,5)6/h7-8H,1-6H3. The lowest BCUT2D eigenvalue weighted by atomic mass is 9.75. The molecule has 1 aromatic carbocycles. The first-order chi connectivity index (χ1) is 9.62. The molecular weight excluding hydrogens is 264 g/mol. The van der Waals surface area contributed by atoms with Gasteiger partial charge in [-0.15, -0.1) is 0 Å². The van der Waals surface area contributed by atoms with Crippen LogP contribution in [0.25, 0.3) is 0 Å². The first kappa shape index (κ1) is 15.2. The lowest BCUT2D eigenvalue weighted by Gasteiger charge is -2.28. The maximum Gasteiger partial charge on any atom is 0.356 e. The second-order valence-corrected chi connectivity index (χ2v) is 6.65. The molecule has 0 spiro atoms. The number of nitrogens with zero attached hydrogens (tertiary/aromatic N) is 2. The van der Waals surface area contributed by atoms with E-state index >= 15 is 0 Å². The van der Waals surface area contributed by atoms with Crippen LogP contribution in [0.3, 0.4) is 0 Å². The highest BCUT2D eigenvalue weighted by molar-refractivity contribution is 6.10. The molecule has 1 aliphatic rings. The summed E-state index contributed by atoms with van der Waals surface area (Å²) < 4.78 is 5.37. The molecular formula is C17H20N2O2. The van der Waals surface area contributed by atoms with Gasteiger partial charge in [0.1, 0.15) is 6.07 Å². The van der Waals surface area contributed by atoms with Gasteiger partial charge in [0.25, 0.3) is 5.54 Å². The van der Waals surface area contributed by atoms with Crippen LogP contribution in [-0.2, 0) is 9.53 Å². The number of cyclic esters (lactones) is 1. The number of hydrogen-bond donors (Lipinski definition) is 0. The maximum absolute atomic E-state index is 12.3. The number of carbonyl (C=O) groups is 1. The Morgan fingerprint density at radius 3 is 2.10 bits per heavy atom. The normalized spacial score (nSPS) is 21.8. The number of rotatable bonds is 1. The second-order valence-electron chi connectivity index (χ2n) is 6.65. The van der Waals surface area contributed by atoms with Gasteiger partial charge in [0.05, 0.1) is 0 Å². The molecule has 0 aromatic heterocycles. The maximum atomic E-state index is 12.3. The van der Waals surface area contributed by atoms with Crippen LogP contribution >= 0.6 is 0 Å². The van der Waals surface area contributed by atoms with Crippen molar-refractivity contribution in [2.45, 2.75) is 47.1 Å². The Balaban J connectivity index is 2.64. The molecule has 0 saturated carbocycles. The van der Waals surface area contributed by atoms with Crippen molar-refractivity contribution in [3.63, 3.8) is 0 Å². The van der Waals surface area contributed by atoms with Crippen molar-refractivity contribution in [1.82, 2.24) is 0 Å². The Kier molecular flexibility index (Phi) is 3.41. The van der Waals surface area contributed by atoms with Crippen LogP contribution in [0.15, 0.2) is 17.1 Å². The number of nitriles is 1. The van der Waals surface area contributed by atoms with Crippen LogP contribution < -0.4 is 0 Å². The lowest BCUT2D eigenvalue weighted by Crippen LogP contribution is -2.45. The van der Waals surface area contributed by atoms with Crippen LogP contribution in [0.1, 0.15) is 43.0 Å². The monoisotopic (exact) mass is 284 g/mol. The molecule has 0 fully saturated rings. The van der Waals surface area contributed by atoms with Crippen LogP contribution in [0, 0.1) is 37.5 Å². The minimum absolute atomic E-state index is 0.256. The van der Waals surface area contributed by atoms with E-state index in [0.29, 0.717) is 0 Å². The molecule has 4 nitrogen and oxygen atoms in total. The van der Waals surface area contributed by atoms with Crippen LogP contribution in [0.5, 0.6) is 0 Å². The van der Waals surface area contributed by atoms with E-state index < -0.39 is 16.9 Å². The highest BCUT2D eigenvalue weighted by atomic mass is 16.6. The summed E-state index contributed by atoms with van der Waals surface area (Å²) >= 11 is 0. The number of aryl methyl sites for hydroxylation is 3. The second kappa shape index (κ2) is 4.70. The Bertz CT molecular complexity index is 667. The van der Waals surface area contributed by atoms with Crippen molar-refractivity contribution in [2.24, 2.45) is 10.4 Å². The minimum atomic E-state index is -1.48. The van der Waals surface area contributed by atoms with E-state index in [1.165, 1.54) is 0 Å². The zero-order chi connectivity index (χ0) is 16.0. The molecule has 0 aliphatic carbocycles. The summed E-state index contributed by atoms with van der Waals surface area (Å²) in [6, 6.07) is 6.09. The molecule has 0 bridgehead atoms. The summed E-state index contributed by atoms with van der Waals surface area (Å²) in [4.78, 5) is 16.7. The van der Waals surface area contributed by atoms with Gasteiger partial charge in [-0.3, -0.25) is 0 Å². The van der Waals surface area contributed by atoms with Crippen molar-refractivity contribution in [3.05, 3.63) is 34.4 Å². The van der Waals surface area contributed by atoms with Crippen molar-refractivity contribution in [3.8, 4) is 6.07 Å². The van der Waals surface area contributed by atoms with E-state index in [9.17, 15) is 10.1 Å². The molecule has 0 radical (unpaired) electrons. The molecule has 1 atom stereocenters. The first-order valence-electron chi connectivity index (χ1n) is 6.94. The van der Waals surface area contributed by atoms with E-state index in [-0.39, 0.29) is 5.90 Å². The van der Waals surface area contributed by atoms with Gasteiger partial charge in [0.15, 0.2) is 0 Å². The molecule has 1 unspecified atom stereocenters. The first-order valence-corrected chi connectivity index (χ1v) is 6.94. The fourth-order valence-electron chi connectivity index (χ4n) is 2.72. The SMILES string of the molecule is Cc1cc(C)c(C2=NC(C#N)(C(C)(C)C)C(=O)O2)c(C)c1. The predicted molar refractivity (Wildman–Crippen MR) is 81.1 cm³/mol. The largest absolute Gasteiger partial charge is 0.404 e. The summed E-state index contributed by atoms with van der Waals surface area (Å²) in [6.07, 6.45) is 0. The van der Waals surface area contributed by atoms with Gasteiger partial charge >= 0.3 is 5.97 Å². The van der Waals surface area contributed by atoms with Crippen molar-refractivity contribution < 1.29 is 9.53 Å². The molecule has 2 rings (SSSR count). The van der Waals surface area contributed by atoms with E-state index in [1.54, 1.807) is 0 Å². The van der Waals surface area contributed by atoms with Gasteiger partial charge in [-0.1, -0.05) is 38.5 Å². The average Bonchev–Trinajstić information content (AvgIpc) is 2.65. The zero-order valence-corrected chi connectivity index (χ0v) is 13.4. The Hall–Kier alpha value is -2.15. The van der Waals surface area contributed by atoms with Gasteiger partial charge in [0.2, 0.25) is 5.90 Å². The quantitative estimate of drug-likeness (QED) is 0.744. The van der Waals surface area contributed by atoms with Crippen LogP contribution in [0.2, 0.25) is 0 Å². The topological polar surface area (TPSA) is 62.5 Å². The smallest absolute Gasteiger partial charge is 0.356 e. The van der Waals surface area contributed by atoms with E-state index in [0.717, 1.165) is 22.3 Å². The van der Waals surface area contributed by atoms with Crippen molar-refractivity contribution >= 4 is 11.9 Å². The lowest BCUT2D eigenvalue weighted by molar-refractivity contribution is -0.140. The van der Waals surface area contributed by atoms with Crippen molar-refractivity contribution in [1.29, 1.82) is 5.26 Å². The fourth-order valence-corrected chi connectivity index (χ4v) is 2.72. The highest BCUT2D eigenvalue weighted by Crippen LogP contribution is 2.39. The van der Waals surface area contributed by atoms with Gasteiger partial charge in [-0.05, 0) is 31.9 Å². The molecule has 4 heteroatoms. The number of hydrogen-bond acceptors (Lipinski definition) is 4. The molecule has 1 aliphatic heterocycles. The Labute approximate surface area is 125 Å². The van der Waals surface area contributed by atoms with Gasteiger partial charge in [-0.25, -0.2) is 9.79 Å². The summed E-state index contributed by atoms with van der Waals surface area (Å²) in [5, 5.41) is 9.51. The molecule has 21 heavy (non-hydrogen) atoms. The van der Waals surface area contributed by atoms with Crippen LogP contribution in [0.4, 0.5) is 0 Å². The number of aliphatic imine (C=N–C) groups is 1. The summed E-state index contributed by atoms with van der Waals surface area (Å²) in [7, 11) is 0. The van der Waals surface area contributed by atoms with Gasteiger partial charge < -0.3 is 4.74 Å². The summed E-state index contributed by atoms with van der Waals surface area (Å²) in [5.74, 6) is -0.335. The molecule has 0 amide bonds. The Morgan fingerprint density at radius 1 is 1.19 bits per heavy atom. The number of ether oxygens (including phenoxy) is 1. The summed E-state index contributed by atoms with van der Waals surface area (Å²) in [5.41, 5.74) is 1.80. The molecule has 110 valence electrons. The van der Waals surface area contributed by atoms with Crippen LogP contribution in [-0.4, -0.2) is 17.4 Å². The number of carbonyl (C=O) groups excluding carboxylic acids is 1. The third-order valence-corrected chi connectivity index (χ3v) is 3.89. The average molecular weight is 284 g/mol. The van der Waals surface area contributed by atoms with Gasteiger partial charge in [-0.2, -0.15) is 5.26 Å². The molecule has 1 aromatic rings. The van der Waals surface area contributed by atoms with E-state index in [1.807, 2.05) is 53.7 Å². The number of benzene rings is 1. The Morgan fingerprint density at radius 2 is 1.71 bits per heavy atom. The summed E-state index contributed by atoms with van der Waals surface area (Å²) in [6.45, 7) is 11.4. The third kappa shape index (κ3) is 2.23.